The third kappa shape index (κ3) is 4.20. The summed E-state index contributed by atoms with van der Waals surface area (Å²) in [5.41, 5.74) is 5.94. The number of nitrogens with zero attached hydrogens (tertiary/aromatic N) is 1. The van der Waals surface area contributed by atoms with Gasteiger partial charge in [0.1, 0.15) is 0 Å². The second-order valence-electron chi connectivity index (χ2n) is 5.78. The van der Waals surface area contributed by atoms with Crippen LogP contribution in [0.2, 0.25) is 0 Å². The molecule has 5 nitrogen and oxygen atoms in total. The van der Waals surface area contributed by atoms with E-state index in [1.807, 2.05) is 4.90 Å². The summed E-state index contributed by atoms with van der Waals surface area (Å²) in [6, 6.07) is 0.156. The second-order valence-corrected chi connectivity index (χ2v) is 5.78. The van der Waals surface area contributed by atoms with Gasteiger partial charge >= 0.3 is 0 Å². The van der Waals surface area contributed by atoms with Gasteiger partial charge in [0.25, 0.3) is 0 Å². The van der Waals surface area contributed by atoms with E-state index < -0.39 is 0 Å². The van der Waals surface area contributed by atoms with Crippen molar-refractivity contribution < 1.29 is 9.59 Å². The van der Waals surface area contributed by atoms with Gasteiger partial charge in [-0.25, -0.2) is 0 Å². The molecule has 0 aromatic heterocycles. The Morgan fingerprint density at radius 1 is 1.11 bits per heavy atom. The van der Waals surface area contributed by atoms with Crippen LogP contribution in [-0.2, 0) is 9.59 Å². The molecule has 0 aromatic rings. The van der Waals surface area contributed by atoms with E-state index in [1.165, 1.54) is 6.42 Å². The number of hydrogen-bond acceptors (Lipinski definition) is 3. The van der Waals surface area contributed by atoms with Crippen LogP contribution in [0.3, 0.4) is 0 Å². The molecule has 1 aliphatic heterocycles. The quantitative estimate of drug-likeness (QED) is 0.784. The number of nitrogens with two attached hydrogens (primary N) is 1. The molecule has 1 saturated carbocycles. The third-order valence-corrected chi connectivity index (χ3v) is 4.31. The largest absolute Gasteiger partial charge is 0.347 e. The minimum absolute atomic E-state index is 0.0345. The summed E-state index contributed by atoms with van der Waals surface area (Å²) in [7, 11) is 0. The van der Waals surface area contributed by atoms with Gasteiger partial charge in [-0.3, -0.25) is 9.59 Å². The van der Waals surface area contributed by atoms with Crippen molar-refractivity contribution in [3.8, 4) is 0 Å². The van der Waals surface area contributed by atoms with E-state index >= 15 is 0 Å². The Morgan fingerprint density at radius 3 is 2.47 bits per heavy atom. The lowest BCUT2D eigenvalue weighted by molar-refractivity contribution is -0.133. The third-order valence-electron chi connectivity index (χ3n) is 4.31. The zero-order chi connectivity index (χ0) is 13.7. The van der Waals surface area contributed by atoms with E-state index in [-0.39, 0.29) is 24.4 Å². The van der Waals surface area contributed by atoms with Gasteiger partial charge in [0.15, 0.2) is 0 Å². The number of nitrogens with one attached hydrogen (secondary N) is 1. The highest BCUT2D eigenvalue weighted by molar-refractivity contribution is 5.84. The summed E-state index contributed by atoms with van der Waals surface area (Å²) in [4.78, 5) is 25.5. The van der Waals surface area contributed by atoms with Crippen LogP contribution in [0.25, 0.3) is 0 Å². The minimum atomic E-state index is -0.0345. The van der Waals surface area contributed by atoms with E-state index in [1.54, 1.807) is 0 Å². The zero-order valence-electron chi connectivity index (χ0n) is 11.6. The first-order chi connectivity index (χ1) is 9.16. The van der Waals surface area contributed by atoms with Crippen LogP contribution in [0.4, 0.5) is 0 Å². The highest BCUT2D eigenvalue weighted by Crippen LogP contribution is 2.26. The lowest BCUT2D eigenvalue weighted by Crippen LogP contribution is -2.43. The molecule has 2 rings (SSSR count). The number of amides is 2. The number of piperidine rings is 1. The summed E-state index contributed by atoms with van der Waals surface area (Å²) in [5.74, 6) is 0.307. The molecular formula is C14H25N3O2. The second kappa shape index (κ2) is 6.89. The normalized spacial score (nSPS) is 27.3. The van der Waals surface area contributed by atoms with Crippen LogP contribution in [0.5, 0.6) is 0 Å². The van der Waals surface area contributed by atoms with Crippen LogP contribution in [0.15, 0.2) is 0 Å². The van der Waals surface area contributed by atoms with Crippen LogP contribution in [0, 0.1) is 5.92 Å². The van der Waals surface area contributed by atoms with Crippen molar-refractivity contribution in [1.82, 2.24) is 10.2 Å². The molecule has 2 atom stereocenters. The predicted octanol–water partition coefficient (Wildman–Crippen LogP) is 0.633. The number of carbonyl (C=O) groups excluding carboxylic acids is 2. The van der Waals surface area contributed by atoms with Crippen molar-refractivity contribution in [3.63, 3.8) is 0 Å². The van der Waals surface area contributed by atoms with Gasteiger partial charge in [-0.15, -0.1) is 0 Å². The molecule has 0 bridgehead atoms. The Kier molecular flexibility index (Phi) is 5.19. The molecule has 0 radical (unpaired) electrons. The van der Waals surface area contributed by atoms with Crippen LogP contribution in [-0.4, -0.2) is 42.4 Å². The van der Waals surface area contributed by atoms with Crippen molar-refractivity contribution >= 4 is 11.8 Å². The Bertz CT molecular complexity index is 327. The number of carbonyl (C=O) groups is 2. The summed E-state index contributed by atoms with van der Waals surface area (Å²) < 4.78 is 0. The van der Waals surface area contributed by atoms with Crippen molar-refractivity contribution in [3.05, 3.63) is 0 Å². The molecule has 108 valence electrons. The van der Waals surface area contributed by atoms with Crippen LogP contribution >= 0.6 is 0 Å². The van der Waals surface area contributed by atoms with Crippen molar-refractivity contribution in [2.45, 2.75) is 51.0 Å². The topological polar surface area (TPSA) is 75.4 Å². The first-order valence-corrected chi connectivity index (χ1v) is 7.47. The number of likely N-dealkylation sites (tertiary alicyclic amines) is 1. The van der Waals surface area contributed by atoms with Crippen molar-refractivity contribution in [1.29, 1.82) is 0 Å². The molecular weight excluding hydrogens is 242 g/mol. The monoisotopic (exact) mass is 267 g/mol. The van der Waals surface area contributed by atoms with E-state index in [0.717, 1.165) is 45.2 Å². The SMILES string of the molecule is N[C@@H]1CCC[C@H]1CC(=O)NCC(=O)N1CCCCC1. The van der Waals surface area contributed by atoms with E-state index in [4.69, 9.17) is 5.73 Å². The number of rotatable bonds is 4. The highest BCUT2D eigenvalue weighted by atomic mass is 16.2. The maximum atomic E-state index is 11.9. The molecule has 3 N–H and O–H groups in total. The molecule has 19 heavy (non-hydrogen) atoms. The number of hydrogen-bond donors (Lipinski definition) is 2. The highest BCUT2D eigenvalue weighted by Gasteiger charge is 2.26. The standard InChI is InChI=1S/C14H25N3O2/c15-12-6-4-5-11(12)9-13(18)16-10-14(19)17-7-2-1-3-8-17/h11-12H,1-10,15H2,(H,16,18)/t11-,12+/m0/s1. The fraction of sp³-hybridized carbons (Fsp3) is 0.857. The fourth-order valence-electron chi connectivity index (χ4n) is 3.06. The maximum absolute atomic E-state index is 11.9. The van der Waals surface area contributed by atoms with Gasteiger partial charge in [-0.05, 0) is 38.0 Å². The molecule has 2 fully saturated rings. The Balaban J connectivity index is 1.66. The lowest BCUT2D eigenvalue weighted by Gasteiger charge is -2.26. The van der Waals surface area contributed by atoms with Gasteiger partial charge in [-0.1, -0.05) is 6.42 Å². The molecule has 2 aliphatic rings. The molecule has 5 heteroatoms. The summed E-state index contributed by atoms with van der Waals surface area (Å²) >= 11 is 0. The summed E-state index contributed by atoms with van der Waals surface area (Å²) in [6.45, 7) is 1.81. The first kappa shape index (κ1) is 14.3. The molecule has 1 heterocycles. The van der Waals surface area contributed by atoms with Crippen molar-refractivity contribution in [2.24, 2.45) is 11.7 Å². The Morgan fingerprint density at radius 2 is 1.84 bits per heavy atom. The summed E-state index contributed by atoms with van der Waals surface area (Å²) in [5, 5.41) is 2.74. The van der Waals surface area contributed by atoms with Crippen molar-refractivity contribution in [2.75, 3.05) is 19.6 Å². The first-order valence-electron chi connectivity index (χ1n) is 7.47. The van der Waals surface area contributed by atoms with Crippen LogP contribution < -0.4 is 11.1 Å². The molecule has 2 amide bonds. The van der Waals surface area contributed by atoms with Gasteiger partial charge in [-0.2, -0.15) is 0 Å². The van der Waals surface area contributed by atoms with E-state index in [2.05, 4.69) is 5.32 Å². The lowest BCUT2D eigenvalue weighted by atomic mass is 10.00. The van der Waals surface area contributed by atoms with Gasteiger partial charge in [0, 0.05) is 25.6 Å². The molecule has 0 aromatic carbocycles. The average molecular weight is 267 g/mol. The smallest absolute Gasteiger partial charge is 0.241 e. The van der Waals surface area contributed by atoms with Gasteiger partial charge in [0.2, 0.25) is 11.8 Å². The molecule has 0 unspecified atom stereocenters. The fourth-order valence-corrected chi connectivity index (χ4v) is 3.06. The average Bonchev–Trinajstić information content (AvgIpc) is 2.82. The van der Waals surface area contributed by atoms with Gasteiger partial charge < -0.3 is 16.0 Å². The van der Waals surface area contributed by atoms with E-state index in [0.29, 0.717) is 12.3 Å². The Hall–Kier alpha value is -1.10. The summed E-state index contributed by atoms with van der Waals surface area (Å²) in [6.07, 6.45) is 7.00. The minimum Gasteiger partial charge on any atom is -0.347 e. The predicted molar refractivity (Wildman–Crippen MR) is 73.4 cm³/mol. The van der Waals surface area contributed by atoms with Crippen LogP contribution in [0.1, 0.15) is 44.9 Å². The molecule has 0 spiro atoms. The molecule has 1 saturated heterocycles. The molecule has 1 aliphatic carbocycles. The van der Waals surface area contributed by atoms with Gasteiger partial charge in [0.05, 0.1) is 6.54 Å². The van der Waals surface area contributed by atoms with E-state index in [9.17, 15) is 9.59 Å². The zero-order valence-corrected chi connectivity index (χ0v) is 11.6. The Labute approximate surface area is 114 Å². The maximum Gasteiger partial charge on any atom is 0.241 e.